The van der Waals surface area contributed by atoms with Crippen molar-refractivity contribution in [1.29, 1.82) is 0 Å². The third kappa shape index (κ3) is 4.27. The number of hydrogen-bond donors (Lipinski definition) is 1. The minimum Gasteiger partial charge on any atom is -0.468 e. The minimum absolute atomic E-state index is 0.144. The number of carbonyl (C=O) groups excluding carboxylic acids is 1. The Kier molecular flexibility index (Phi) is 6.59. The molecule has 0 aliphatic carbocycles. The van der Waals surface area contributed by atoms with E-state index in [0.717, 1.165) is 19.4 Å². The van der Waals surface area contributed by atoms with Crippen LogP contribution in [0, 0.1) is 5.92 Å². The van der Waals surface area contributed by atoms with Crippen LogP contribution in [-0.4, -0.2) is 25.7 Å². The van der Waals surface area contributed by atoms with E-state index in [2.05, 4.69) is 19.2 Å². The zero-order chi connectivity index (χ0) is 10.3. The van der Waals surface area contributed by atoms with Gasteiger partial charge in [-0.1, -0.05) is 27.2 Å². The monoisotopic (exact) mass is 187 g/mol. The summed E-state index contributed by atoms with van der Waals surface area (Å²) in [7, 11) is 1.44. The maximum atomic E-state index is 11.3. The zero-order valence-electron chi connectivity index (χ0n) is 9.09. The average Bonchev–Trinajstić information content (AvgIpc) is 2.13. The molecule has 3 heteroatoms. The van der Waals surface area contributed by atoms with Gasteiger partial charge < -0.3 is 10.1 Å². The standard InChI is InChI=1S/C10H21NO2/c1-5-7-8(3)9(11-6-2)10(12)13-4/h8-9,11H,5-7H2,1-4H3. The highest BCUT2D eigenvalue weighted by molar-refractivity contribution is 5.75. The van der Waals surface area contributed by atoms with Crippen molar-refractivity contribution in [1.82, 2.24) is 5.32 Å². The molecule has 0 spiro atoms. The molecule has 0 rings (SSSR count). The molecule has 0 fully saturated rings. The Morgan fingerprint density at radius 1 is 1.46 bits per heavy atom. The van der Waals surface area contributed by atoms with Crippen LogP contribution in [0.2, 0.25) is 0 Å². The van der Waals surface area contributed by atoms with Gasteiger partial charge in [0.05, 0.1) is 7.11 Å². The number of rotatable bonds is 6. The van der Waals surface area contributed by atoms with Crippen LogP contribution < -0.4 is 5.32 Å². The number of ether oxygens (including phenoxy) is 1. The Hall–Kier alpha value is -0.570. The lowest BCUT2D eigenvalue weighted by atomic mass is 9.97. The molecule has 0 amide bonds. The number of carbonyl (C=O) groups is 1. The topological polar surface area (TPSA) is 38.3 Å². The second-order valence-electron chi connectivity index (χ2n) is 3.32. The van der Waals surface area contributed by atoms with Gasteiger partial charge in [0, 0.05) is 0 Å². The summed E-state index contributed by atoms with van der Waals surface area (Å²) in [5.41, 5.74) is 0. The molecule has 0 aliphatic rings. The highest BCUT2D eigenvalue weighted by atomic mass is 16.5. The number of nitrogens with one attached hydrogen (secondary N) is 1. The minimum atomic E-state index is -0.150. The van der Waals surface area contributed by atoms with Crippen LogP contribution in [0.3, 0.4) is 0 Å². The van der Waals surface area contributed by atoms with Crippen molar-refractivity contribution in [2.45, 2.75) is 39.7 Å². The second kappa shape index (κ2) is 6.89. The molecule has 0 aromatic carbocycles. The Labute approximate surface area is 80.8 Å². The van der Waals surface area contributed by atoms with E-state index in [-0.39, 0.29) is 12.0 Å². The SMILES string of the molecule is CCCC(C)C(NCC)C(=O)OC. The third-order valence-electron chi connectivity index (χ3n) is 2.19. The van der Waals surface area contributed by atoms with E-state index < -0.39 is 0 Å². The van der Waals surface area contributed by atoms with Crippen molar-refractivity contribution >= 4 is 5.97 Å². The molecular formula is C10H21NO2. The van der Waals surface area contributed by atoms with E-state index in [9.17, 15) is 4.79 Å². The van der Waals surface area contributed by atoms with Gasteiger partial charge in [0.1, 0.15) is 6.04 Å². The van der Waals surface area contributed by atoms with Gasteiger partial charge in [-0.05, 0) is 18.9 Å². The van der Waals surface area contributed by atoms with Crippen molar-refractivity contribution in [2.24, 2.45) is 5.92 Å². The van der Waals surface area contributed by atoms with E-state index in [0.29, 0.717) is 5.92 Å². The number of hydrogen-bond acceptors (Lipinski definition) is 3. The molecule has 0 saturated heterocycles. The Bertz CT molecular complexity index is 148. The van der Waals surface area contributed by atoms with Crippen LogP contribution in [0.15, 0.2) is 0 Å². The maximum absolute atomic E-state index is 11.3. The van der Waals surface area contributed by atoms with Crippen LogP contribution in [0.4, 0.5) is 0 Å². The van der Waals surface area contributed by atoms with Crippen molar-refractivity contribution in [3.05, 3.63) is 0 Å². The van der Waals surface area contributed by atoms with Gasteiger partial charge in [0.2, 0.25) is 0 Å². The average molecular weight is 187 g/mol. The maximum Gasteiger partial charge on any atom is 0.323 e. The number of methoxy groups -OCH3 is 1. The van der Waals surface area contributed by atoms with Crippen LogP contribution in [0.5, 0.6) is 0 Å². The molecule has 0 aliphatic heterocycles. The number of likely N-dealkylation sites (N-methyl/N-ethyl adjacent to an activating group) is 1. The van der Waals surface area contributed by atoms with Gasteiger partial charge >= 0.3 is 5.97 Å². The lowest BCUT2D eigenvalue weighted by Gasteiger charge is -2.21. The lowest BCUT2D eigenvalue weighted by molar-refractivity contribution is -0.144. The fourth-order valence-electron chi connectivity index (χ4n) is 1.49. The third-order valence-corrected chi connectivity index (χ3v) is 2.19. The molecule has 0 bridgehead atoms. The summed E-state index contributed by atoms with van der Waals surface area (Å²) >= 11 is 0. The fraction of sp³-hybridized carbons (Fsp3) is 0.900. The highest BCUT2D eigenvalue weighted by Crippen LogP contribution is 2.11. The van der Waals surface area contributed by atoms with Crippen LogP contribution in [0.25, 0.3) is 0 Å². The molecule has 2 unspecified atom stereocenters. The highest BCUT2D eigenvalue weighted by Gasteiger charge is 2.23. The first-order valence-corrected chi connectivity index (χ1v) is 4.98. The summed E-state index contributed by atoms with van der Waals surface area (Å²) in [6.45, 7) is 6.99. The van der Waals surface area contributed by atoms with E-state index in [1.807, 2.05) is 6.92 Å². The van der Waals surface area contributed by atoms with E-state index in [1.54, 1.807) is 0 Å². The van der Waals surface area contributed by atoms with Gasteiger partial charge in [-0.3, -0.25) is 4.79 Å². The molecule has 13 heavy (non-hydrogen) atoms. The Balaban J connectivity index is 4.13. The van der Waals surface area contributed by atoms with Crippen molar-refractivity contribution in [3.63, 3.8) is 0 Å². The molecule has 3 nitrogen and oxygen atoms in total. The number of esters is 1. The summed E-state index contributed by atoms with van der Waals surface area (Å²) in [4.78, 5) is 11.3. The van der Waals surface area contributed by atoms with Gasteiger partial charge in [-0.25, -0.2) is 0 Å². The molecule has 0 aromatic heterocycles. The smallest absolute Gasteiger partial charge is 0.323 e. The summed E-state index contributed by atoms with van der Waals surface area (Å²) < 4.78 is 4.73. The molecule has 0 saturated carbocycles. The van der Waals surface area contributed by atoms with Crippen molar-refractivity contribution < 1.29 is 9.53 Å². The van der Waals surface area contributed by atoms with Crippen LogP contribution >= 0.6 is 0 Å². The van der Waals surface area contributed by atoms with E-state index >= 15 is 0 Å². The molecule has 2 atom stereocenters. The molecule has 0 heterocycles. The van der Waals surface area contributed by atoms with Gasteiger partial charge in [0.15, 0.2) is 0 Å². The molecule has 0 radical (unpaired) electrons. The predicted octanol–water partition coefficient (Wildman–Crippen LogP) is 1.57. The first-order valence-electron chi connectivity index (χ1n) is 4.98. The first-order chi connectivity index (χ1) is 6.17. The first kappa shape index (κ1) is 12.4. The predicted molar refractivity (Wildman–Crippen MR) is 53.6 cm³/mol. The summed E-state index contributed by atoms with van der Waals surface area (Å²) in [5.74, 6) is 0.195. The summed E-state index contributed by atoms with van der Waals surface area (Å²) in [6, 6.07) is -0.144. The summed E-state index contributed by atoms with van der Waals surface area (Å²) in [6.07, 6.45) is 2.15. The van der Waals surface area contributed by atoms with Crippen LogP contribution in [0.1, 0.15) is 33.6 Å². The molecular weight excluding hydrogens is 166 g/mol. The quantitative estimate of drug-likeness (QED) is 0.641. The van der Waals surface area contributed by atoms with Gasteiger partial charge in [-0.15, -0.1) is 0 Å². The Morgan fingerprint density at radius 3 is 2.46 bits per heavy atom. The van der Waals surface area contributed by atoms with Crippen molar-refractivity contribution in [3.8, 4) is 0 Å². The second-order valence-corrected chi connectivity index (χ2v) is 3.32. The molecule has 1 N–H and O–H groups in total. The van der Waals surface area contributed by atoms with Crippen molar-refractivity contribution in [2.75, 3.05) is 13.7 Å². The van der Waals surface area contributed by atoms with E-state index in [4.69, 9.17) is 4.74 Å². The van der Waals surface area contributed by atoms with Gasteiger partial charge in [-0.2, -0.15) is 0 Å². The molecule has 78 valence electrons. The Morgan fingerprint density at radius 2 is 2.08 bits per heavy atom. The van der Waals surface area contributed by atoms with E-state index in [1.165, 1.54) is 7.11 Å². The normalized spacial score (nSPS) is 15.1. The largest absolute Gasteiger partial charge is 0.468 e. The summed E-state index contributed by atoms with van der Waals surface area (Å²) in [5, 5.41) is 3.14. The van der Waals surface area contributed by atoms with Gasteiger partial charge in [0.25, 0.3) is 0 Å². The molecule has 0 aromatic rings. The zero-order valence-corrected chi connectivity index (χ0v) is 9.09. The van der Waals surface area contributed by atoms with Crippen LogP contribution in [-0.2, 0) is 9.53 Å². The fourth-order valence-corrected chi connectivity index (χ4v) is 1.49. The lowest BCUT2D eigenvalue weighted by Crippen LogP contribution is -2.42.